The van der Waals surface area contributed by atoms with Crippen molar-refractivity contribution in [2.24, 2.45) is 0 Å². The molecule has 5 rings (SSSR count). The highest BCUT2D eigenvalue weighted by Crippen LogP contribution is 2.34. The summed E-state index contributed by atoms with van der Waals surface area (Å²) in [6.45, 7) is 4.76. The van der Waals surface area contributed by atoms with Crippen LogP contribution in [0.5, 0.6) is 0 Å². The molecule has 3 aromatic heterocycles. The highest BCUT2D eigenvalue weighted by molar-refractivity contribution is 5.78. The molecule has 0 amide bonds. The van der Waals surface area contributed by atoms with E-state index in [1.54, 1.807) is 12.4 Å². The van der Waals surface area contributed by atoms with E-state index in [-0.39, 0.29) is 11.1 Å². The van der Waals surface area contributed by atoms with Gasteiger partial charge in [-0.15, -0.1) is 0 Å². The van der Waals surface area contributed by atoms with Crippen molar-refractivity contribution in [3.05, 3.63) is 52.8 Å². The van der Waals surface area contributed by atoms with Gasteiger partial charge in [-0.2, -0.15) is 0 Å². The molecule has 0 bridgehead atoms. The van der Waals surface area contributed by atoms with E-state index >= 15 is 0 Å². The first-order valence-corrected chi connectivity index (χ1v) is 8.70. The second-order valence-electron chi connectivity index (χ2n) is 7.25. The lowest BCUT2D eigenvalue weighted by Gasteiger charge is -2.40. The van der Waals surface area contributed by atoms with Crippen LogP contribution in [0.4, 0.5) is 0 Å². The Kier molecular flexibility index (Phi) is 3.06. The fourth-order valence-corrected chi connectivity index (χ4v) is 4.14. The Morgan fingerprint density at radius 3 is 3.00 bits per heavy atom. The molecule has 25 heavy (non-hydrogen) atoms. The lowest BCUT2D eigenvalue weighted by Crippen LogP contribution is -2.51. The number of aromatic nitrogens is 4. The molecule has 1 fully saturated rings. The van der Waals surface area contributed by atoms with Crippen LogP contribution in [-0.2, 0) is 13.1 Å². The largest absolute Gasteiger partial charge is 0.292 e. The van der Waals surface area contributed by atoms with Crippen molar-refractivity contribution in [3.8, 4) is 11.3 Å². The average Bonchev–Trinajstić information content (AvgIpc) is 3.01. The van der Waals surface area contributed by atoms with Gasteiger partial charge in [-0.05, 0) is 44.5 Å². The third-order valence-electron chi connectivity index (χ3n) is 5.57. The predicted octanol–water partition coefficient (Wildman–Crippen LogP) is 2.22. The first-order chi connectivity index (χ1) is 12.1. The number of fused-ring (bicyclic) bond motifs is 3. The molecule has 2 aliphatic heterocycles. The van der Waals surface area contributed by atoms with E-state index in [0.29, 0.717) is 17.6 Å². The molecule has 5 heterocycles. The second-order valence-corrected chi connectivity index (χ2v) is 7.25. The van der Waals surface area contributed by atoms with Gasteiger partial charge in [0, 0.05) is 30.0 Å². The van der Waals surface area contributed by atoms with Gasteiger partial charge in [0.1, 0.15) is 5.82 Å². The number of pyridine rings is 2. The van der Waals surface area contributed by atoms with Crippen molar-refractivity contribution >= 4 is 11.0 Å². The van der Waals surface area contributed by atoms with E-state index in [9.17, 15) is 4.79 Å². The molecule has 0 saturated carbocycles. The Morgan fingerprint density at radius 1 is 1.24 bits per heavy atom. The summed E-state index contributed by atoms with van der Waals surface area (Å²) in [6.07, 6.45) is 5.78. The minimum atomic E-state index is -0.0275. The summed E-state index contributed by atoms with van der Waals surface area (Å²) in [5, 5.41) is 0. The molecule has 3 aromatic rings. The van der Waals surface area contributed by atoms with Crippen LogP contribution < -0.4 is 5.56 Å². The third kappa shape index (κ3) is 2.21. The molecule has 1 atom stereocenters. The first-order valence-electron chi connectivity index (χ1n) is 8.70. The van der Waals surface area contributed by atoms with Crippen LogP contribution in [0.15, 0.2) is 41.5 Å². The predicted molar refractivity (Wildman–Crippen MR) is 95.1 cm³/mol. The number of nitrogens with zero attached hydrogens (tertiary/aromatic N) is 5. The zero-order valence-corrected chi connectivity index (χ0v) is 14.1. The second kappa shape index (κ2) is 5.20. The summed E-state index contributed by atoms with van der Waals surface area (Å²) in [7, 11) is 0. The molecule has 0 N–H and O–H groups in total. The molecule has 6 nitrogen and oxygen atoms in total. The van der Waals surface area contributed by atoms with Gasteiger partial charge in [-0.1, -0.05) is 6.07 Å². The van der Waals surface area contributed by atoms with Crippen molar-refractivity contribution in [2.45, 2.75) is 38.4 Å². The fraction of sp³-hybridized carbons (Fsp3) is 0.368. The summed E-state index contributed by atoms with van der Waals surface area (Å²) in [5.41, 5.74) is 2.86. The maximum Gasteiger partial charge on any atom is 0.280 e. The van der Waals surface area contributed by atoms with Crippen LogP contribution in [0, 0.1) is 0 Å². The Labute approximate surface area is 145 Å². The number of hydrogen-bond donors (Lipinski definition) is 0. The monoisotopic (exact) mass is 333 g/mol. The number of hydrogen-bond acceptors (Lipinski definition) is 5. The van der Waals surface area contributed by atoms with Crippen LogP contribution in [0.3, 0.4) is 0 Å². The molecule has 1 saturated heterocycles. The molecule has 1 unspecified atom stereocenters. The third-order valence-corrected chi connectivity index (χ3v) is 5.57. The molecule has 0 aliphatic carbocycles. The molecule has 126 valence electrons. The standard InChI is InChI=1S/C19H19N5O/c1-19-6-4-8-23(19)11-16-22-15-9-13(14-5-2-3-7-20-14)10-21-17(15)18(25)24(16)12-19/h2-3,5,7,9-10H,4,6,8,11-12H2,1H3. The van der Waals surface area contributed by atoms with Crippen molar-refractivity contribution in [1.29, 1.82) is 0 Å². The minimum absolute atomic E-state index is 0.0275. The molecule has 2 aliphatic rings. The lowest BCUT2D eigenvalue weighted by molar-refractivity contribution is 0.0923. The van der Waals surface area contributed by atoms with Crippen LogP contribution in [0.2, 0.25) is 0 Å². The summed E-state index contributed by atoms with van der Waals surface area (Å²) < 4.78 is 1.83. The summed E-state index contributed by atoms with van der Waals surface area (Å²) in [4.78, 5) is 29.0. The van der Waals surface area contributed by atoms with Crippen molar-refractivity contribution in [2.75, 3.05) is 6.54 Å². The summed E-state index contributed by atoms with van der Waals surface area (Å²) in [6, 6.07) is 7.68. The molecule has 0 aromatic carbocycles. The smallest absolute Gasteiger partial charge is 0.280 e. The van der Waals surface area contributed by atoms with E-state index in [1.807, 2.05) is 28.8 Å². The topological polar surface area (TPSA) is 63.9 Å². The molecular formula is C19H19N5O. The van der Waals surface area contributed by atoms with E-state index in [2.05, 4.69) is 21.8 Å². The van der Waals surface area contributed by atoms with Crippen molar-refractivity contribution < 1.29 is 0 Å². The van der Waals surface area contributed by atoms with Crippen LogP contribution in [0.25, 0.3) is 22.3 Å². The Bertz CT molecular complexity index is 1030. The van der Waals surface area contributed by atoms with Crippen molar-refractivity contribution in [1.82, 2.24) is 24.4 Å². The highest BCUT2D eigenvalue weighted by atomic mass is 16.1. The van der Waals surface area contributed by atoms with Gasteiger partial charge in [0.05, 0.1) is 17.8 Å². The first kappa shape index (κ1) is 14.7. The Hall–Kier alpha value is -2.60. The normalized spacial score (nSPS) is 22.8. The van der Waals surface area contributed by atoms with Crippen LogP contribution in [-0.4, -0.2) is 36.5 Å². The fourth-order valence-electron chi connectivity index (χ4n) is 4.14. The van der Waals surface area contributed by atoms with Gasteiger partial charge in [-0.25, -0.2) is 9.97 Å². The molecule has 0 radical (unpaired) electrons. The van der Waals surface area contributed by atoms with Gasteiger partial charge < -0.3 is 0 Å². The zero-order chi connectivity index (χ0) is 17.0. The van der Waals surface area contributed by atoms with Gasteiger partial charge in [0.2, 0.25) is 0 Å². The summed E-state index contributed by atoms with van der Waals surface area (Å²) >= 11 is 0. The quantitative estimate of drug-likeness (QED) is 0.683. The van der Waals surface area contributed by atoms with Gasteiger partial charge in [0.15, 0.2) is 5.52 Å². The van der Waals surface area contributed by atoms with E-state index < -0.39 is 0 Å². The zero-order valence-electron chi connectivity index (χ0n) is 14.1. The van der Waals surface area contributed by atoms with Crippen molar-refractivity contribution in [3.63, 3.8) is 0 Å². The molecular weight excluding hydrogens is 314 g/mol. The van der Waals surface area contributed by atoms with Crippen LogP contribution in [0.1, 0.15) is 25.6 Å². The Morgan fingerprint density at radius 2 is 2.16 bits per heavy atom. The molecule has 6 heteroatoms. The minimum Gasteiger partial charge on any atom is -0.292 e. The number of rotatable bonds is 1. The van der Waals surface area contributed by atoms with E-state index in [0.717, 1.165) is 36.6 Å². The highest BCUT2D eigenvalue weighted by Gasteiger charge is 2.41. The lowest BCUT2D eigenvalue weighted by atomic mass is 9.97. The van der Waals surface area contributed by atoms with Gasteiger partial charge in [0.25, 0.3) is 5.56 Å². The Balaban J connectivity index is 1.67. The maximum absolute atomic E-state index is 13.0. The van der Waals surface area contributed by atoms with Gasteiger partial charge >= 0.3 is 0 Å². The van der Waals surface area contributed by atoms with E-state index in [4.69, 9.17) is 4.98 Å². The summed E-state index contributed by atoms with van der Waals surface area (Å²) in [5.74, 6) is 0.844. The van der Waals surface area contributed by atoms with Crippen LogP contribution >= 0.6 is 0 Å². The SMILES string of the molecule is CC12CCCN1Cc1nc3cc(-c4ccccn4)cnc3c(=O)n1C2. The average molecular weight is 333 g/mol. The van der Waals surface area contributed by atoms with Gasteiger partial charge in [-0.3, -0.25) is 19.2 Å². The molecule has 0 spiro atoms. The maximum atomic E-state index is 13.0. The van der Waals surface area contributed by atoms with E-state index in [1.165, 1.54) is 6.42 Å².